The molecule has 1 fully saturated rings. The normalized spacial score (nSPS) is 15.5. The van der Waals surface area contributed by atoms with Crippen molar-refractivity contribution in [1.29, 1.82) is 0 Å². The van der Waals surface area contributed by atoms with Crippen molar-refractivity contribution in [2.45, 2.75) is 12.8 Å². The molecule has 0 unspecified atom stereocenters. The van der Waals surface area contributed by atoms with Crippen LogP contribution in [0.4, 0.5) is 0 Å². The molecule has 1 aliphatic carbocycles. The minimum absolute atomic E-state index is 0.122. The molecule has 0 radical (unpaired) electrons. The highest BCUT2D eigenvalue weighted by atomic mass is 16.6. The van der Waals surface area contributed by atoms with Crippen molar-refractivity contribution >= 4 is 29.0 Å². The number of carbonyl (C=O) groups excluding carboxylic acids is 1. The number of amides is 1. The van der Waals surface area contributed by atoms with E-state index in [1.54, 1.807) is 13.2 Å². The number of aromatic nitrogens is 2. The molecular formula is C23H23N3O4. The molecule has 1 aromatic heterocycles. The number of hydrogen-bond donors (Lipinski definition) is 2. The van der Waals surface area contributed by atoms with E-state index in [4.69, 9.17) is 14.2 Å². The molecule has 154 valence electrons. The second-order valence-electron chi connectivity index (χ2n) is 7.57. The second kappa shape index (κ2) is 7.74. The van der Waals surface area contributed by atoms with Crippen molar-refractivity contribution in [2.24, 2.45) is 5.92 Å². The average molecular weight is 405 g/mol. The van der Waals surface area contributed by atoms with Crippen molar-refractivity contribution in [2.75, 3.05) is 26.9 Å². The summed E-state index contributed by atoms with van der Waals surface area (Å²) in [6.07, 6.45) is 6.23. The van der Waals surface area contributed by atoms with E-state index >= 15 is 0 Å². The summed E-state index contributed by atoms with van der Waals surface area (Å²) in [5, 5.41) is 11.2. The molecule has 2 aliphatic rings. The summed E-state index contributed by atoms with van der Waals surface area (Å²) in [6, 6.07) is 9.44. The van der Waals surface area contributed by atoms with Crippen LogP contribution in [0.25, 0.3) is 23.1 Å². The van der Waals surface area contributed by atoms with E-state index in [1.165, 1.54) is 12.8 Å². The standard InChI is InChI=1S/C23H23N3O4/c1-28-22-16(23(27)24-13-15-2-3-15)6-8-18-21(22)17(25-26-18)7-4-14-5-9-19-20(12-14)30-11-10-29-19/h4-9,12,15H,2-3,10-11,13H2,1H3,(H,24,27)(H,25,26)/b7-4+. The van der Waals surface area contributed by atoms with Crippen molar-refractivity contribution in [1.82, 2.24) is 15.5 Å². The zero-order valence-electron chi connectivity index (χ0n) is 16.7. The number of fused-ring (bicyclic) bond motifs is 2. The minimum Gasteiger partial charge on any atom is -0.495 e. The van der Waals surface area contributed by atoms with E-state index in [1.807, 2.05) is 36.4 Å². The molecule has 0 atom stereocenters. The number of hydrogen-bond acceptors (Lipinski definition) is 5. The first-order valence-electron chi connectivity index (χ1n) is 10.1. The van der Waals surface area contributed by atoms with Gasteiger partial charge in [-0.25, -0.2) is 0 Å². The summed E-state index contributed by atoms with van der Waals surface area (Å²) in [4.78, 5) is 12.7. The highest BCUT2D eigenvalue weighted by Crippen LogP contribution is 2.34. The van der Waals surface area contributed by atoms with E-state index < -0.39 is 0 Å². The first kappa shape index (κ1) is 18.5. The number of benzene rings is 2. The van der Waals surface area contributed by atoms with Gasteiger partial charge in [0, 0.05) is 6.54 Å². The van der Waals surface area contributed by atoms with Gasteiger partial charge in [-0.3, -0.25) is 9.89 Å². The highest BCUT2D eigenvalue weighted by molar-refractivity contribution is 6.05. The summed E-state index contributed by atoms with van der Waals surface area (Å²) >= 11 is 0. The van der Waals surface area contributed by atoms with Crippen LogP contribution in [0.2, 0.25) is 0 Å². The Labute approximate surface area is 174 Å². The number of methoxy groups -OCH3 is 1. The molecule has 7 heteroatoms. The zero-order chi connectivity index (χ0) is 20.5. The molecule has 2 N–H and O–H groups in total. The smallest absolute Gasteiger partial charge is 0.255 e. The first-order chi connectivity index (χ1) is 14.7. The van der Waals surface area contributed by atoms with Crippen molar-refractivity contribution in [3.05, 3.63) is 47.2 Å². The second-order valence-corrected chi connectivity index (χ2v) is 7.57. The first-order valence-corrected chi connectivity index (χ1v) is 10.1. The number of rotatable bonds is 6. The third-order valence-electron chi connectivity index (χ3n) is 5.41. The lowest BCUT2D eigenvalue weighted by Gasteiger charge is -2.18. The summed E-state index contributed by atoms with van der Waals surface area (Å²) in [5.41, 5.74) is 3.00. The van der Waals surface area contributed by atoms with Gasteiger partial charge in [0.05, 0.1) is 29.3 Å². The van der Waals surface area contributed by atoms with Gasteiger partial charge >= 0.3 is 0 Å². The molecule has 3 aromatic rings. The Balaban J connectivity index is 1.46. The van der Waals surface area contributed by atoms with Crippen LogP contribution in [0.3, 0.4) is 0 Å². The van der Waals surface area contributed by atoms with Gasteiger partial charge in [-0.1, -0.05) is 12.1 Å². The minimum atomic E-state index is -0.122. The zero-order valence-corrected chi connectivity index (χ0v) is 16.7. The van der Waals surface area contributed by atoms with Gasteiger partial charge in [-0.05, 0) is 54.7 Å². The fourth-order valence-corrected chi connectivity index (χ4v) is 3.61. The Morgan fingerprint density at radius 3 is 2.83 bits per heavy atom. The third kappa shape index (κ3) is 3.58. The summed E-state index contributed by atoms with van der Waals surface area (Å²) in [7, 11) is 1.58. The average Bonchev–Trinajstić information content (AvgIpc) is 3.53. The molecular weight excluding hydrogens is 382 g/mol. The molecule has 0 saturated heterocycles. The monoisotopic (exact) mass is 405 g/mol. The van der Waals surface area contributed by atoms with E-state index in [0.29, 0.717) is 42.7 Å². The Morgan fingerprint density at radius 2 is 2.03 bits per heavy atom. The fraction of sp³-hybridized carbons (Fsp3) is 0.304. The van der Waals surface area contributed by atoms with Crippen LogP contribution in [-0.4, -0.2) is 43.0 Å². The molecule has 2 aromatic carbocycles. The van der Waals surface area contributed by atoms with E-state index in [0.717, 1.165) is 28.0 Å². The van der Waals surface area contributed by atoms with Crippen LogP contribution >= 0.6 is 0 Å². The summed E-state index contributed by atoms with van der Waals surface area (Å²) in [6.45, 7) is 1.83. The van der Waals surface area contributed by atoms with Crippen molar-refractivity contribution < 1.29 is 19.0 Å². The molecule has 1 aliphatic heterocycles. The SMILES string of the molecule is COc1c(C(=O)NCC2CC2)ccc2[nH]nc(/C=C/c3ccc4c(c3)OCCO4)c12. The fourth-order valence-electron chi connectivity index (χ4n) is 3.61. The molecule has 5 rings (SSSR count). The maximum atomic E-state index is 12.7. The molecule has 30 heavy (non-hydrogen) atoms. The Kier molecular flexibility index (Phi) is 4.78. The maximum absolute atomic E-state index is 12.7. The summed E-state index contributed by atoms with van der Waals surface area (Å²) in [5.74, 6) is 2.51. The predicted octanol–water partition coefficient (Wildman–Crippen LogP) is 3.65. The van der Waals surface area contributed by atoms with E-state index in [-0.39, 0.29) is 5.91 Å². The van der Waals surface area contributed by atoms with Crippen molar-refractivity contribution in [3.63, 3.8) is 0 Å². The Hall–Kier alpha value is -3.48. The summed E-state index contributed by atoms with van der Waals surface area (Å²) < 4.78 is 16.9. The van der Waals surface area contributed by atoms with Gasteiger partial charge in [-0.15, -0.1) is 0 Å². The Bertz CT molecular complexity index is 1130. The number of nitrogens with one attached hydrogen (secondary N) is 2. The number of nitrogens with zero attached hydrogens (tertiary/aromatic N) is 1. The van der Waals surface area contributed by atoms with Crippen molar-refractivity contribution in [3.8, 4) is 17.2 Å². The number of carbonyl (C=O) groups is 1. The molecule has 0 bridgehead atoms. The lowest BCUT2D eigenvalue weighted by Crippen LogP contribution is -2.26. The predicted molar refractivity (Wildman–Crippen MR) is 114 cm³/mol. The highest BCUT2D eigenvalue weighted by Gasteiger charge is 2.24. The topological polar surface area (TPSA) is 85.5 Å². The number of ether oxygens (including phenoxy) is 3. The molecule has 7 nitrogen and oxygen atoms in total. The quantitative estimate of drug-likeness (QED) is 0.654. The Morgan fingerprint density at radius 1 is 1.20 bits per heavy atom. The lowest BCUT2D eigenvalue weighted by atomic mass is 10.1. The van der Waals surface area contributed by atoms with Crippen LogP contribution in [0, 0.1) is 5.92 Å². The largest absolute Gasteiger partial charge is 0.495 e. The van der Waals surface area contributed by atoms with Gasteiger partial charge in [0.25, 0.3) is 5.91 Å². The van der Waals surface area contributed by atoms with Gasteiger partial charge in [0.2, 0.25) is 0 Å². The van der Waals surface area contributed by atoms with Crippen LogP contribution < -0.4 is 19.5 Å². The number of aromatic amines is 1. The molecule has 2 heterocycles. The van der Waals surface area contributed by atoms with Gasteiger partial charge in [-0.2, -0.15) is 5.10 Å². The maximum Gasteiger partial charge on any atom is 0.255 e. The molecule has 1 saturated carbocycles. The van der Waals surface area contributed by atoms with Crippen LogP contribution in [0.1, 0.15) is 34.5 Å². The number of H-pyrrole nitrogens is 1. The molecule has 0 spiro atoms. The van der Waals surface area contributed by atoms with Gasteiger partial charge in [0.1, 0.15) is 19.0 Å². The van der Waals surface area contributed by atoms with Gasteiger partial charge in [0.15, 0.2) is 11.5 Å². The van der Waals surface area contributed by atoms with E-state index in [9.17, 15) is 4.79 Å². The molecule has 1 amide bonds. The van der Waals surface area contributed by atoms with Crippen LogP contribution in [0.5, 0.6) is 17.2 Å². The van der Waals surface area contributed by atoms with Crippen LogP contribution in [0.15, 0.2) is 30.3 Å². The third-order valence-corrected chi connectivity index (χ3v) is 5.41. The lowest BCUT2D eigenvalue weighted by molar-refractivity contribution is 0.0949. The van der Waals surface area contributed by atoms with E-state index in [2.05, 4.69) is 15.5 Å². The van der Waals surface area contributed by atoms with Gasteiger partial charge < -0.3 is 19.5 Å². The van der Waals surface area contributed by atoms with Crippen LogP contribution in [-0.2, 0) is 0 Å².